The summed E-state index contributed by atoms with van der Waals surface area (Å²) in [7, 11) is 0. The molecule has 3 N–H and O–H groups in total. The zero-order valence-corrected chi connectivity index (χ0v) is 9.40. The van der Waals surface area contributed by atoms with Gasteiger partial charge in [-0.05, 0) is 0 Å². The van der Waals surface area contributed by atoms with Crippen LogP contribution in [0.2, 0.25) is 0 Å². The molecule has 0 rings (SSSR count). The molecule has 1 amide bonds. The quantitative estimate of drug-likeness (QED) is 0.524. The Balaban J connectivity index is 4.43. The van der Waals surface area contributed by atoms with Crippen LogP contribution in [0.25, 0.3) is 0 Å². The Kier molecular flexibility index (Phi) is 7.31. The molecule has 0 fully saturated rings. The van der Waals surface area contributed by atoms with E-state index in [-0.39, 0.29) is 19.7 Å². The maximum atomic E-state index is 12.2. The largest absolute Gasteiger partial charge is 0.480 e. The molecule has 17 heavy (non-hydrogen) atoms. The molecule has 0 saturated carbocycles. The maximum Gasteiger partial charge on any atom is 0.327 e. The number of amides is 1. The van der Waals surface area contributed by atoms with Crippen molar-refractivity contribution < 1.29 is 28.6 Å². The summed E-state index contributed by atoms with van der Waals surface area (Å²) in [5, 5.41) is 19.6. The van der Waals surface area contributed by atoms with Crippen LogP contribution in [0.1, 0.15) is 6.92 Å². The third-order valence-electron chi connectivity index (χ3n) is 1.93. The fourth-order valence-electron chi connectivity index (χ4n) is 1.28. The highest BCUT2D eigenvalue weighted by molar-refractivity contribution is 5.82. The highest BCUT2D eigenvalue weighted by atomic mass is 19.3. The highest BCUT2D eigenvalue weighted by Gasteiger charge is 2.23. The van der Waals surface area contributed by atoms with Crippen LogP contribution in [0.5, 0.6) is 0 Å². The van der Waals surface area contributed by atoms with Crippen LogP contribution in [0.15, 0.2) is 0 Å². The number of aliphatic hydroxyl groups is 1. The summed E-state index contributed by atoms with van der Waals surface area (Å²) in [6.45, 7) is -0.226. The number of aliphatic hydroxyl groups excluding tert-OH is 1. The Hall–Kier alpha value is -1.28. The van der Waals surface area contributed by atoms with Gasteiger partial charge in [0.2, 0.25) is 5.91 Å². The molecule has 6 nitrogen and oxygen atoms in total. The number of nitrogens with zero attached hydrogens (tertiary/aromatic N) is 1. The molecule has 0 aliphatic carbocycles. The average molecular weight is 254 g/mol. The number of nitrogens with one attached hydrogen (secondary N) is 1. The Morgan fingerprint density at radius 3 is 2.29 bits per heavy atom. The van der Waals surface area contributed by atoms with Gasteiger partial charge in [0, 0.05) is 20.0 Å². The second-order valence-corrected chi connectivity index (χ2v) is 3.47. The number of carboxylic acid groups (broad SMARTS) is 1. The predicted molar refractivity (Wildman–Crippen MR) is 54.8 cm³/mol. The lowest BCUT2D eigenvalue weighted by molar-refractivity contribution is -0.142. The first-order chi connectivity index (χ1) is 7.86. The van der Waals surface area contributed by atoms with Gasteiger partial charge in [-0.2, -0.15) is 0 Å². The first-order valence-electron chi connectivity index (χ1n) is 4.98. The molecule has 0 aliphatic heterocycles. The summed E-state index contributed by atoms with van der Waals surface area (Å²) in [5.74, 6) is -1.86. The van der Waals surface area contributed by atoms with Crippen molar-refractivity contribution in [1.29, 1.82) is 0 Å². The van der Waals surface area contributed by atoms with Crippen LogP contribution in [0.3, 0.4) is 0 Å². The van der Waals surface area contributed by atoms with E-state index in [0.29, 0.717) is 0 Å². The van der Waals surface area contributed by atoms with Gasteiger partial charge in [0.05, 0.1) is 13.2 Å². The van der Waals surface area contributed by atoms with Gasteiger partial charge < -0.3 is 15.5 Å². The summed E-state index contributed by atoms with van der Waals surface area (Å²) in [6.07, 6.45) is -2.63. The van der Waals surface area contributed by atoms with Crippen LogP contribution in [-0.4, -0.2) is 65.7 Å². The molecule has 0 radical (unpaired) electrons. The van der Waals surface area contributed by atoms with E-state index in [2.05, 4.69) is 5.32 Å². The van der Waals surface area contributed by atoms with Crippen molar-refractivity contribution in [2.45, 2.75) is 19.4 Å². The highest BCUT2D eigenvalue weighted by Crippen LogP contribution is 2.00. The van der Waals surface area contributed by atoms with E-state index in [1.165, 1.54) is 0 Å². The molecule has 1 atom stereocenters. The van der Waals surface area contributed by atoms with E-state index in [1.807, 2.05) is 0 Å². The number of halogens is 2. The topological polar surface area (TPSA) is 89.9 Å². The monoisotopic (exact) mass is 254 g/mol. The van der Waals surface area contributed by atoms with Gasteiger partial charge in [-0.3, -0.25) is 9.69 Å². The Labute approximate surface area is 97.2 Å². The molecule has 0 aromatic carbocycles. The number of hydrogen-bond acceptors (Lipinski definition) is 4. The number of alkyl halides is 2. The van der Waals surface area contributed by atoms with Crippen molar-refractivity contribution in [3.63, 3.8) is 0 Å². The molecule has 100 valence electrons. The van der Waals surface area contributed by atoms with Crippen molar-refractivity contribution >= 4 is 11.9 Å². The van der Waals surface area contributed by atoms with Gasteiger partial charge in [-0.15, -0.1) is 0 Å². The molecule has 0 aliphatic rings. The second kappa shape index (κ2) is 7.91. The third kappa shape index (κ3) is 7.58. The molecule has 1 unspecified atom stereocenters. The smallest absolute Gasteiger partial charge is 0.327 e. The number of rotatable bonds is 8. The lowest BCUT2D eigenvalue weighted by Gasteiger charge is -2.24. The third-order valence-corrected chi connectivity index (χ3v) is 1.93. The van der Waals surface area contributed by atoms with Gasteiger partial charge in [0.25, 0.3) is 6.43 Å². The fraction of sp³-hybridized carbons (Fsp3) is 0.778. The minimum Gasteiger partial charge on any atom is -0.480 e. The lowest BCUT2D eigenvalue weighted by atomic mass is 10.2. The van der Waals surface area contributed by atoms with Crippen LogP contribution < -0.4 is 5.32 Å². The first kappa shape index (κ1) is 15.7. The SMILES string of the molecule is CC(=O)NC(CN(CCO)CC(F)F)C(=O)O. The number of hydrogen-bond donors (Lipinski definition) is 3. The summed E-state index contributed by atoms with van der Waals surface area (Å²) < 4.78 is 24.3. The average Bonchev–Trinajstić information content (AvgIpc) is 2.15. The van der Waals surface area contributed by atoms with Gasteiger partial charge in [-0.1, -0.05) is 0 Å². The van der Waals surface area contributed by atoms with E-state index in [0.717, 1.165) is 11.8 Å². The maximum absolute atomic E-state index is 12.2. The van der Waals surface area contributed by atoms with Gasteiger partial charge >= 0.3 is 5.97 Å². The van der Waals surface area contributed by atoms with Crippen molar-refractivity contribution in [2.75, 3.05) is 26.2 Å². The van der Waals surface area contributed by atoms with E-state index in [1.54, 1.807) is 0 Å². The lowest BCUT2D eigenvalue weighted by Crippen LogP contribution is -2.49. The van der Waals surface area contributed by atoms with E-state index in [4.69, 9.17) is 10.2 Å². The number of carbonyl (C=O) groups is 2. The number of carboxylic acids is 1. The molecule has 0 bridgehead atoms. The van der Waals surface area contributed by atoms with Gasteiger partial charge in [-0.25, -0.2) is 13.6 Å². The van der Waals surface area contributed by atoms with Crippen LogP contribution in [0.4, 0.5) is 8.78 Å². The fourth-order valence-corrected chi connectivity index (χ4v) is 1.28. The van der Waals surface area contributed by atoms with Crippen molar-refractivity contribution in [3.8, 4) is 0 Å². The van der Waals surface area contributed by atoms with Gasteiger partial charge in [0.15, 0.2) is 0 Å². The normalized spacial score (nSPS) is 12.8. The molecule has 0 spiro atoms. The summed E-state index contributed by atoms with van der Waals surface area (Å²) >= 11 is 0. The van der Waals surface area contributed by atoms with Crippen molar-refractivity contribution in [3.05, 3.63) is 0 Å². The van der Waals surface area contributed by atoms with E-state index >= 15 is 0 Å². The molecule has 0 aromatic heterocycles. The summed E-state index contributed by atoms with van der Waals surface area (Å²) in [5.41, 5.74) is 0. The number of carbonyl (C=O) groups excluding carboxylic acids is 1. The van der Waals surface area contributed by atoms with Gasteiger partial charge in [0.1, 0.15) is 6.04 Å². The molecule has 0 aromatic rings. The Bertz CT molecular complexity index is 263. The zero-order valence-electron chi connectivity index (χ0n) is 9.40. The zero-order chi connectivity index (χ0) is 13.4. The first-order valence-corrected chi connectivity index (χ1v) is 4.98. The Morgan fingerprint density at radius 2 is 1.94 bits per heavy atom. The minimum absolute atomic E-state index is 0.0757. The molecule has 8 heteroatoms. The molecular formula is C9H16F2N2O4. The summed E-state index contributed by atoms with van der Waals surface area (Å²) in [6, 6.07) is -1.27. The summed E-state index contributed by atoms with van der Waals surface area (Å²) in [4.78, 5) is 22.6. The molecule has 0 heterocycles. The molecule has 0 saturated heterocycles. The van der Waals surface area contributed by atoms with E-state index < -0.39 is 30.9 Å². The van der Waals surface area contributed by atoms with Crippen LogP contribution in [-0.2, 0) is 9.59 Å². The van der Waals surface area contributed by atoms with Crippen molar-refractivity contribution in [1.82, 2.24) is 10.2 Å². The Morgan fingerprint density at radius 1 is 1.35 bits per heavy atom. The van der Waals surface area contributed by atoms with Crippen LogP contribution >= 0.6 is 0 Å². The molecular weight excluding hydrogens is 238 g/mol. The minimum atomic E-state index is -2.63. The standard InChI is InChI=1S/C9H16F2N2O4/c1-6(15)12-7(9(16)17)4-13(2-3-14)5-8(10)11/h7-8,14H,2-5H2,1H3,(H,12,15)(H,16,17). The predicted octanol–water partition coefficient (Wildman–Crippen LogP) is -0.865. The van der Waals surface area contributed by atoms with E-state index in [9.17, 15) is 18.4 Å². The van der Waals surface area contributed by atoms with Crippen LogP contribution in [0, 0.1) is 0 Å². The number of aliphatic carboxylic acids is 1. The van der Waals surface area contributed by atoms with Crippen molar-refractivity contribution in [2.24, 2.45) is 0 Å². The second-order valence-electron chi connectivity index (χ2n) is 3.47.